The molecule has 1 aromatic carbocycles. The van der Waals surface area contributed by atoms with Gasteiger partial charge in [0.2, 0.25) is 11.7 Å². The summed E-state index contributed by atoms with van der Waals surface area (Å²) in [7, 11) is 3.42. The third-order valence-corrected chi connectivity index (χ3v) is 4.42. The summed E-state index contributed by atoms with van der Waals surface area (Å²) in [6.45, 7) is 0.977. The van der Waals surface area contributed by atoms with Gasteiger partial charge in [-0.3, -0.25) is 4.79 Å². The van der Waals surface area contributed by atoms with Gasteiger partial charge < -0.3 is 9.80 Å². The van der Waals surface area contributed by atoms with Gasteiger partial charge in [-0.15, -0.1) is 0 Å². The molecule has 0 radical (unpaired) electrons. The molecule has 0 atom stereocenters. The van der Waals surface area contributed by atoms with Crippen LogP contribution in [0.2, 0.25) is 0 Å². The van der Waals surface area contributed by atoms with Crippen molar-refractivity contribution in [2.45, 2.75) is 19.0 Å². The highest BCUT2D eigenvalue weighted by molar-refractivity contribution is 5.89. The number of halogens is 3. The summed E-state index contributed by atoms with van der Waals surface area (Å²) in [5.74, 6) is -0.883. The molecule has 2 aromatic rings. The minimum absolute atomic E-state index is 0.0585. The number of piperidine rings is 1. The number of fused-ring (bicyclic) bond motifs is 1. The zero-order valence-electron chi connectivity index (χ0n) is 14.0. The molecule has 1 amide bonds. The van der Waals surface area contributed by atoms with Gasteiger partial charge in [-0.25, -0.2) is 9.97 Å². The first-order valence-electron chi connectivity index (χ1n) is 8.07. The smallest absolute Gasteiger partial charge is 0.356 e. The van der Waals surface area contributed by atoms with E-state index in [-0.39, 0.29) is 23.2 Å². The molecular formula is C17H19F3N4O. The summed E-state index contributed by atoms with van der Waals surface area (Å²) in [5.41, 5.74) is 0.270. The van der Waals surface area contributed by atoms with E-state index >= 15 is 0 Å². The molecule has 0 spiro atoms. The average molecular weight is 352 g/mol. The number of hydrogen-bond acceptors (Lipinski definition) is 4. The zero-order chi connectivity index (χ0) is 18.2. The number of benzene rings is 1. The van der Waals surface area contributed by atoms with Gasteiger partial charge in [0.15, 0.2) is 0 Å². The third-order valence-electron chi connectivity index (χ3n) is 4.42. The normalized spacial score (nSPS) is 16.3. The Morgan fingerprint density at radius 2 is 1.80 bits per heavy atom. The summed E-state index contributed by atoms with van der Waals surface area (Å²) >= 11 is 0. The van der Waals surface area contributed by atoms with E-state index in [9.17, 15) is 18.0 Å². The molecule has 1 aliphatic heterocycles. The minimum Gasteiger partial charge on any atom is -0.356 e. The van der Waals surface area contributed by atoms with Crippen LogP contribution in [0.4, 0.5) is 19.0 Å². The SMILES string of the molecule is CN(C)C(=O)C1CCN(c2nc(C(F)(F)F)nc3ccccc23)CC1. The standard InChI is InChI=1S/C17H19F3N4O/c1-23(2)15(25)11-7-9-24(10-8-11)14-12-5-3-4-6-13(12)21-16(22-14)17(18,19)20/h3-6,11H,7-10H2,1-2H3. The lowest BCUT2D eigenvalue weighted by Gasteiger charge is -2.33. The van der Waals surface area contributed by atoms with Gasteiger partial charge in [0.25, 0.3) is 0 Å². The largest absolute Gasteiger partial charge is 0.451 e. The van der Waals surface area contributed by atoms with Crippen molar-refractivity contribution in [1.82, 2.24) is 14.9 Å². The summed E-state index contributed by atoms with van der Waals surface area (Å²) in [6.07, 6.45) is -3.41. The van der Waals surface area contributed by atoms with Gasteiger partial charge in [-0.1, -0.05) is 12.1 Å². The van der Waals surface area contributed by atoms with Gasteiger partial charge in [-0.05, 0) is 25.0 Å². The number of para-hydroxylation sites is 1. The lowest BCUT2D eigenvalue weighted by molar-refractivity contribution is -0.144. The molecule has 2 heterocycles. The van der Waals surface area contributed by atoms with Crippen LogP contribution in [-0.2, 0) is 11.0 Å². The van der Waals surface area contributed by atoms with Crippen LogP contribution in [0.5, 0.6) is 0 Å². The van der Waals surface area contributed by atoms with Crippen molar-refractivity contribution in [2.24, 2.45) is 5.92 Å². The Morgan fingerprint density at radius 3 is 2.40 bits per heavy atom. The maximum atomic E-state index is 13.1. The van der Waals surface area contributed by atoms with E-state index in [1.807, 2.05) is 4.90 Å². The number of hydrogen-bond donors (Lipinski definition) is 0. The lowest BCUT2D eigenvalue weighted by atomic mass is 9.95. The van der Waals surface area contributed by atoms with E-state index in [2.05, 4.69) is 9.97 Å². The Labute approximate surface area is 143 Å². The first-order valence-corrected chi connectivity index (χ1v) is 8.07. The van der Waals surface area contributed by atoms with Crippen molar-refractivity contribution in [3.05, 3.63) is 30.1 Å². The molecule has 0 unspecified atom stereocenters. The number of alkyl halides is 3. The van der Waals surface area contributed by atoms with Crippen LogP contribution in [0.25, 0.3) is 10.9 Å². The predicted octanol–water partition coefficient (Wildman–Crippen LogP) is 2.95. The minimum atomic E-state index is -4.60. The Hall–Kier alpha value is -2.38. The Bertz CT molecular complexity index is 783. The van der Waals surface area contributed by atoms with E-state index in [0.29, 0.717) is 31.3 Å². The van der Waals surface area contributed by atoms with Crippen molar-refractivity contribution in [1.29, 1.82) is 0 Å². The molecule has 1 aromatic heterocycles. The lowest BCUT2D eigenvalue weighted by Crippen LogP contribution is -2.40. The molecule has 5 nitrogen and oxygen atoms in total. The maximum Gasteiger partial charge on any atom is 0.451 e. The van der Waals surface area contributed by atoms with Crippen molar-refractivity contribution in [3.63, 3.8) is 0 Å². The molecule has 1 aliphatic rings. The van der Waals surface area contributed by atoms with Crippen LogP contribution < -0.4 is 4.90 Å². The highest BCUT2D eigenvalue weighted by Crippen LogP contribution is 2.33. The van der Waals surface area contributed by atoms with E-state index in [1.165, 1.54) is 0 Å². The van der Waals surface area contributed by atoms with Crippen molar-refractivity contribution in [2.75, 3.05) is 32.1 Å². The van der Waals surface area contributed by atoms with E-state index < -0.39 is 12.0 Å². The van der Waals surface area contributed by atoms with Gasteiger partial charge in [0, 0.05) is 38.5 Å². The highest BCUT2D eigenvalue weighted by Gasteiger charge is 2.36. The molecule has 8 heteroatoms. The summed E-state index contributed by atoms with van der Waals surface area (Å²) in [5, 5.41) is 0.591. The summed E-state index contributed by atoms with van der Waals surface area (Å²) in [4.78, 5) is 22.9. The number of amides is 1. The van der Waals surface area contributed by atoms with E-state index in [4.69, 9.17) is 0 Å². The molecule has 1 saturated heterocycles. The maximum absolute atomic E-state index is 13.1. The second kappa shape index (κ2) is 6.50. The molecule has 0 saturated carbocycles. The molecule has 25 heavy (non-hydrogen) atoms. The predicted molar refractivity (Wildman–Crippen MR) is 88.2 cm³/mol. The summed E-state index contributed by atoms with van der Waals surface area (Å²) < 4.78 is 39.4. The Kier molecular flexibility index (Phi) is 4.53. The quantitative estimate of drug-likeness (QED) is 0.834. The topological polar surface area (TPSA) is 49.3 Å². The first-order chi connectivity index (χ1) is 11.8. The third kappa shape index (κ3) is 3.52. The summed E-state index contributed by atoms with van der Waals surface area (Å²) in [6, 6.07) is 6.69. The fourth-order valence-electron chi connectivity index (χ4n) is 3.13. The molecule has 0 aliphatic carbocycles. The van der Waals surface area contributed by atoms with Crippen LogP contribution in [0.1, 0.15) is 18.7 Å². The molecule has 0 N–H and O–H groups in total. The van der Waals surface area contributed by atoms with E-state index in [0.717, 1.165) is 0 Å². The van der Waals surface area contributed by atoms with Gasteiger partial charge in [-0.2, -0.15) is 13.2 Å². The molecule has 134 valence electrons. The number of nitrogens with zero attached hydrogens (tertiary/aromatic N) is 4. The van der Waals surface area contributed by atoms with E-state index in [1.54, 1.807) is 43.3 Å². The van der Waals surface area contributed by atoms with Crippen molar-refractivity contribution >= 4 is 22.6 Å². The average Bonchev–Trinajstić information content (AvgIpc) is 2.59. The first kappa shape index (κ1) is 17.4. The van der Waals surface area contributed by atoms with Crippen LogP contribution in [-0.4, -0.2) is 48.0 Å². The van der Waals surface area contributed by atoms with Crippen LogP contribution in [0.15, 0.2) is 24.3 Å². The number of aromatic nitrogens is 2. The van der Waals surface area contributed by atoms with Crippen LogP contribution in [0, 0.1) is 5.92 Å². The highest BCUT2D eigenvalue weighted by atomic mass is 19.4. The number of rotatable bonds is 2. The number of anilines is 1. The van der Waals surface area contributed by atoms with Crippen molar-refractivity contribution < 1.29 is 18.0 Å². The second-order valence-electron chi connectivity index (χ2n) is 6.38. The number of carbonyl (C=O) groups is 1. The fraction of sp³-hybridized carbons (Fsp3) is 0.471. The Morgan fingerprint density at radius 1 is 1.16 bits per heavy atom. The number of carbonyl (C=O) groups excluding carboxylic acids is 1. The molecule has 3 rings (SSSR count). The Balaban J connectivity index is 1.92. The van der Waals surface area contributed by atoms with Crippen molar-refractivity contribution in [3.8, 4) is 0 Å². The fourth-order valence-corrected chi connectivity index (χ4v) is 3.13. The van der Waals surface area contributed by atoms with Crippen LogP contribution in [0.3, 0.4) is 0 Å². The zero-order valence-corrected chi connectivity index (χ0v) is 14.0. The van der Waals surface area contributed by atoms with Gasteiger partial charge in [0.1, 0.15) is 5.82 Å². The molecular weight excluding hydrogens is 333 g/mol. The van der Waals surface area contributed by atoms with Gasteiger partial charge in [0.05, 0.1) is 5.52 Å². The second-order valence-corrected chi connectivity index (χ2v) is 6.38. The monoisotopic (exact) mass is 352 g/mol. The molecule has 0 bridgehead atoms. The van der Waals surface area contributed by atoms with Crippen LogP contribution >= 0.6 is 0 Å². The molecule has 1 fully saturated rings. The van der Waals surface area contributed by atoms with Gasteiger partial charge >= 0.3 is 6.18 Å².